The summed E-state index contributed by atoms with van der Waals surface area (Å²) in [4.78, 5) is 18.2. The lowest BCUT2D eigenvalue weighted by atomic mass is 10.2. The van der Waals surface area contributed by atoms with Gasteiger partial charge in [-0.05, 0) is 28.1 Å². The number of hydrogen-bond donors (Lipinski definition) is 2. The highest BCUT2D eigenvalue weighted by Gasteiger charge is 2.15. The SMILES string of the molecule is O=C(O)CCc1[nH]c2nc3c(Cl)cccc3n2c1Br. The molecule has 2 aromatic heterocycles. The number of halogens is 2. The number of aromatic amines is 1. The molecule has 0 spiro atoms. The van der Waals surface area contributed by atoms with Crippen LogP contribution in [0.4, 0.5) is 0 Å². The van der Waals surface area contributed by atoms with E-state index in [4.69, 9.17) is 16.7 Å². The Morgan fingerprint density at radius 3 is 3.05 bits per heavy atom. The van der Waals surface area contributed by atoms with Gasteiger partial charge in [0.15, 0.2) is 0 Å². The highest BCUT2D eigenvalue weighted by atomic mass is 79.9. The number of rotatable bonds is 3. The van der Waals surface area contributed by atoms with Crippen LogP contribution < -0.4 is 0 Å². The fraction of sp³-hybridized carbons (Fsp3) is 0.167. The number of para-hydroxylation sites is 1. The average Bonchev–Trinajstić information content (AvgIpc) is 2.86. The summed E-state index contributed by atoms with van der Waals surface area (Å²) in [7, 11) is 0. The minimum absolute atomic E-state index is 0.0704. The van der Waals surface area contributed by atoms with Gasteiger partial charge in [-0.3, -0.25) is 9.20 Å². The quantitative estimate of drug-likeness (QED) is 0.767. The molecule has 3 aromatic rings. The third-order valence-corrected chi connectivity index (χ3v) is 4.07. The molecule has 0 unspecified atom stereocenters. The van der Waals surface area contributed by atoms with Crippen molar-refractivity contribution in [3.05, 3.63) is 33.5 Å². The summed E-state index contributed by atoms with van der Waals surface area (Å²) in [6, 6.07) is 5.56. The predicted molar refractivity (Wildman–Crippen MR) is 75.7 cm³/mol. The zero-order valence-electron chi connectivity index (χ0n) is 9.65. The lowest BCUT2D eigenvalue weighted by molar-refractivity contribution is -0.136. The Hall–Kier alpha value is -1.53. The lowest BCUT2D eigenvalue weighted by Gasteiger charge is -1.97. The molecule has 0 aliphatic heterocycles. The van der Waals surface area contributed by atoms with E-state index in [1.165, 1.54) is 0 Å². The molecule has 7 heteroatoms. The number of aromatic nitrogens is 3. The number of aryl methyl sites for hydroxylation is 1. The largest absolute Gasteiger partial charge is 0.481 e. The number of nitrogens with one attached hydrogen (secondary N) is 1. The van der Waals surface area contributed by atoms with Crippen molar-refractivity contribution in [2.75, 3.05) is 0 Å². The van der Waals surface area contributed by atoms with Gasteiger partial charge in [-0.1, -0.05) is 17.7 Å². The van der Waals surface area contributed by atoms with Crippen molar-refractivity contribution in [1.82, 2.24) is 14.4 Å². The molecular weight excluding hydrogens is 334 g/mol. The number of imidazole rings is 2. The number of benzene rings is 1. The summed E-state index contributed by atoms with van der Waals surface area (Å²) in [6.45, 7) is 0. The van der Waals surface area contributed by atoms with E-state index >= 15 is 0 Å². The first-order valence-electron chi connectivity index (χ1n) is 5.62. The first kappa shape index (κ1) is 12.5. The summed E-state index contributed by atoms with van der Waals surface area (Å²) >= 11 is 9.58. The molecule has 2 heterocycles. The molecule has 2 N–H and O–H groups in total. The third kappa shape index (κ3) is 2.01. The molecule has 0 atom stereocenters. The molecule has 0 fully saturated rings. The number of H-pyrrole nitrogens is 1. The number of aliphatic carboxylic acids is 1. The predicted octanol–water partition coefficient (Wildman–Crippen LogP) is 3.25. The van der Waals surface area contributed by atoms with Gasteiger partial charge in [-0.25, -0.2) is 4.98 Å². The maximum absolute atomic E-state index is 10.6. The molecule has 19 heavy (non-hydrogen) atoms. The van der Waals surface area contributed by atoms with Crippen LogP contribution in [0.1, 0.15) is 12.1 Å². The van der Waals surface area contributed by atoms with E-state index in [-0.39, 0.29) is 6.42 Å². The van der Waals surface area contributed by atoms with Crippen LogP contribution in [0.2, 0.25) is 5.02 Å². The Bertz CT molecular complexity index is 793. The Balaban J connectivity index is 2.17. The molecular formula is C12H9BrClN3O2. The normalized spacial score (nSPS) is 11.5. The van der Waals surface area contributed by atoms with Gasteiger partial charge in [-0.15, -0.1) is 0 Å². The van der Waals surface area contributed by atoms with Crippen molar-refractivity contribution < 1.29 is 9.90 Å². The van der Waals surface area contributed by atoms with Crippen molar-refractivity contribution >= 4 is 50.3 Å². The molecule has 0 aliphatic rings. The Morgan fingerprint density at radius 2 is 2.32 bits per heavy atom. The first-order valence-corrected chi connectivity index (χ1v) is 6.80. The molecule has 0 amide bonds. The van der Waals surface area contributed by atoms with Gasteiger partial charge >= 0.3 is 5.97 Å². The van der Waals surface area contributed by atoms with Gasteiger partial charge in [0.05, 0.1) is 17.0 Å². The summed E-state index contributed by atoms with van der Waals surface area (Å²) in [6.07, 6.45) is 0.488. The van der Waals surface area contributed by atoms with E-state index < -0.39 is 5.97 Å². The minimum atomic E-state index is -0.827. The van der Waals surface area contributed by atoms with E-state index in [0.717, 1.165) is 21.3 Å². The second-order valence-corrected chi connectivity index (χ2v) is 5.32. The zero-order chi connectivity index (χ0) is 13.6. The van der Waals surface area contributed by atoms with Crippen molar-refractivity contribution in [2.45, 2.75) is 12.8 Å². The number of fused-ring (bicyclic) bond motifs is 3. The molecule has 3 rings (SSSR count). The highest BCUT2D eigenvalue weighted by molar-refractivity contribution is 9.10. The van der Waals surface area contributed by atoms with Crippen molar-refractivity contribution in [1.29, 1.82) is 0 Å². The first-order chi connectivity index (χ1) is 9.08. The minimum Gasteiger partial charge on any atom is -0.481 e. The average molecular weight is 343 g/mol. The molecule has 0 saturated heterocycles. The van der Waals surface area contributed by atoms with Crippen LogP contribution in [0.5, 0.6) is 0 Å². The third-order valence-electron chi connectivity index (χ3n) is 2.93. The summed E-state index contributed by atoms with van der Waals surface area (Å²) < 4.78 is 2.67. The van der Waals surface area contributed by atoms with Crippen molar-refractivity contribution in [3.63, 3.8) is 0 Å². The van der Waals surface area contributed by atoms with Crippen LogP contribution in [-0.2, 0) is 11.2 Å². The van der Waals surface area contributed by atoms with E-state index in [2.05, 4.69) is 25.9 Å². The van der Waals surface area contributed by atoms with Crippen LogP contribution in [0, 0.1) is 0 Å². The summed E-state index contributed by atoms with van der Waals surface area (Å²) in [5.41, 5.74) is 2.42. The van der Waals surface area contributed by atoms with Crippen LogP contribution in [0.3, 0.4) is 0 Å². The number of hydrogen-bond acceptors (Lipinski definition) is 2. The van der Waals surface area contributed by atoms with Crippen molar-refractivity contribution in [3.8, 4) is 0 Å². The molecule has 0 bridgehead atoms. The summed E-state index contributed by atoms with van der Waals surface area (Å²) in [5, 5.41) is 9.32. The molecule has 0 aliphatic carbocycles. The zero-order valence-corrected chi connectivity index (χ0v) is 12.0. The van der Waals surface area contributed by atoms with Crippen molar-refractivity contribution in [2.24, 2.45) is 0 Å². The lowest BCUT2D eigenvalue weighted by Crippen LogP contribution is -1.98. The highest BCUT2D eigenvalue weighted by Crippen LogP contribution is 2.29. The fourth-order valence-corrected chi connectivity index (χ4v) is 2.93. The van der Waals surface area contributed by atoms with Crippen LogP contribution in [0.15, 0.2) is 22.8 Å². The monoisotopic (exact) mass is 341 g/mol. The van der Waals surface area contributed by atoms with E-state index in [1.807, 2.05) is 16.5 Å². The molecule has 98 valence electrons. The van der Waals surface area contributed by atoms with Crippen LogP contribution >= 0.6 is 27.5 Å². The van der Waals surface area contributed by atoms with Crippen LogP contribution in [-0.4, -0.2) is 25.4 Å². The second kappa shape index (κ2) is 4.54. The van der Waals surface area contributed by atoms with E-state index in [1.54, 1.807) is 6.07 Å². The Kier molecular flexibility index (Phi) is 2.99. The Labute approximate surface area is 121 Å². The smallest absolute Gasteiger partial charge is 0.303 e. The molecule has 0 saturated carbocycles. The molecule has 1 aromatic carbocycles. The van der Waals surface area contributed by atoms with Gasteiger partial charge in [-0.2, -0.15) is 0 Å². The van der Waals surface area contributed by atoms with E-state index in [0.29, 0.717) is 17.2 Å². The topological polar surface area (TPSA) is 70.4 Å². The number of carboxylic acids is 1. The maximum atomic E-state index is 10.6. The van der Waals surface area contributed by atoms with Gasteiger partial charge in [0.1, 0.15) is 10.1 Å². The molecule has 0 radical (unpaired) electrons. The van der Waals surface area contributed by atoms with Gasteiger partial charge < -0.3 is 10.1 Å². The number of nitrogens with zero attached hydrogens (tertiary/aromatic N) is 2. The van der Waals surface area contributed by atoms with E-state index in [9.17, 15) is 4.79 Å². The standard InChI is InChI=1S/C12H9BrClN3O2/c13-11-7(4-5-9(18)19)15-12-16-10-6(14)2-1-3-8(10)17(11)12/h1-3H,4-5H2,(H,15,16)(H,18,19). The number of carboxylic acid groups (broad SMARTS) is 1. The number of carbonyl (C=O) groups is 1. The van der Waals surface area contributed by atoms with Gasteiger partial charge in [0.2, 0.25) is 5.78 Å². The Morgan fingerprint density at radius 1 is 1.53 bits per heavy atom. The molecule has 5 nitrogen and oxygen atoms in total. The second-order valence-electron chi connectivity index (χ2n) is 4.17. The summed E-state index contributed by atoms with van der Waals surface area (Å²) in [5.74, 6) is -0.178. The maximum Gasteiger partial charge on any atom is 0.303 e. The van der Waals surface area contributed by atoms with Crippen LogP contribution in [0.25, 0.3) is 16.8 Å². The van der Waals surface area contributed by atoms with Gasteiger partial charge in [0.25, 0.3) is 0 Å². The van der Waals surface area contributed by atoms with Gasteiger partial charge in [0, 0.05) is 12.1 Å². The fourth-order valence-electron chi connectivity index (χ4n) is 2.07.